The molecule has 0 aromatic heterocycles. The number of ether oxygens (including phenoxy) is 1. The van der Waals surface area contributed by atoms with Crippen molar-refractivity contribution in [3.63, 3.8) is 0 Å². The van der Waals surface area contributed by atoms with E-state index >= 15 is 0 Å². The molecule has 1 fully saturated rings. The third-order valence-electron chi connectivity index (χ3n) is 2.14. The molecule has 4 heteroatoms. The van der Waals surface area contributed by atoms with Gasteiger partial charge in [0.2, 0.25) is 0 Å². The van der Waals surface area contributed by atoms with Gasteiger partial charge in [0.05, 0.1) is 12.2 Å². The van der Waals surface area contributed by atoms with Crippen molar-refractivity contribution < 1.29 is 9.84 Å². The minimum atomic E-state index is -0.337. The summed E-state index contributed by atoms with van der Waals surface area (Å²) in [6, 6.07) is 0. The number of aliphatic hydroxyl groups excluding tert-OH is 1. The van der Waals surface area contributed by atoms with Crippen LogP contribution < -0.4 is 5.73 Å². The number of likely N-dealkylation sites (tertiary alicyclic amines) is 1. The summed E-state index contributed by atoms with van der Waals surface area (Å²) in [7, 11) is 0. The first-order valence-electron chi connectivity index (χ1n) is 4.50. The maximum absolute atomic E-state index is 9.51. The highest BCUT2D eigenvalue weighted by atomic mass is 16.5. The van der Waals surface area contributed by atoms with Crippen molar-refractivity contribution in [2.75, 3.05) is 32.8 Å². The molecule has 0 saturated carbocycles. The van der Waals surface area contributed by atoms with Gasteiger partial charge in [-0.2, -0.15) is 0 Å². The third kappa shape index (κ3) is 2.42. The zero-order valence-corrected chi connectivity index (χ0v) is 7.57. The lowest BCUT2D eigenvalue weighted by Crippen LogP contribution is -2.28. The van der Waals surface area contributed by atoms with Crippen LogP contribution in [0.2, 0.25) is 0 Å². The van der Waals surface area contributed by atoms with Crippen LogP contribution in [0.25, 0.3) is 0 Å². The van der Waals surface area contributed by atoms with Crippen molar-refractivity contribution in [3.8, 4) is 0 Å². The minimum Gasteiger partial charge on any atom is -0.389 e. The van der Waals surface area contributed by atoms with E-state index < -0.39 is 0 Å². The zero-order valence-electron chi connectivity index (χ0n) is 7.57. The fourth-order valence-corrected chi connectivity index (χ4v) is 1.58. The maximum Gasteiger partial charge on any atom is 0.0972 e. The van der Waals surface area contributed by atoms with E-state index in [1.54, 1.807) is 0 Å². The van der Waals surface area contributed by atoms with Gasteiger partial charge in [0.1, 0.15) is 0 Å². The first-order valence-corrected chi connectivity index (χ1v) is 4.50. The molecule has 1 aliphatic heterocycles. The normalized spacial score (nSPS) is 31.2. The third-order valence-corrected chi connectivity index (χ3v) is 2.14. The number of nitrogens with two attached hydrogens (primary N) is 1. The molecule has 1 rings (SSSR count). The summed E-state index contributed by atoms with van der Waals surface area (Å²) in [4.78, 5) is 2.13. The molecule has 0 aromatic rings. The van der Waals surface area contributed by atoms with Gasteiger partial charge in [0, 0.05) is 32.8 Å². The Morgan fingerprint density at radius 2 is 2.33 bits per heavy atom. The molecule has 0 aliphatic carbocycles. The highest BCUT2D eigenvalue weighted by Gasteiger charge is 2.30. The van der Waals surface area contributed by atoms with Crippen LogP contribution in [0, 0.1) is 0 Å². The van der Waals surface area contributed by atoms with Gasteiger partial charge in [0.25, 0.3) is 0 Å². The van der Waals surface area contributed by atoms with E-state index in [-0.39, 0.29) is 12.2 Å². The molecule has 1 aliphatic rings. The maximum atomic E-state index is 9.51. The lowest BCUT2D eigenvalue weighted by atomic mass is 10.3. The monoisotopic (exact) mass is 174 g/mol. The van der Waals surface area contributed by atoms with Crippen molar-refractivity contribution in [1.29, 1.82) is 0 Å². The average Bonchev–Trinajstić information content (AvgIpc) is 2.34. The Hall–Kier alpha value is -0.160. The summed E-state index contributed by atoms with van der Waals surface area (Å²) >= 11 is 0. The van der Waals surface area contributed by atoms with E-state index in [0.717, 1.165) is 13.1 Å². The molecule has 0 radical (unpaired) electrons. The number of hydrogen-bond donors (Lipinski definition) is 2. The van der Waals surface area contributed by atoms with Crippen LogP contribution in [-0.2, 0) is 4.74 Å². The molecule has 0 spiro atoms. The Labute approximate surface area is 73.3 Å². The molecule has 12 heavy (non-hydrogen) atoms. The lowest BCUT2D eigenvalue weighted by molar-refractivity contribution is -0.00240. The van der Waals surface area contributed by atoms with Crippen LogP contribution in [-0.4, -0.2) is 55.0 Å². The molecule has 0 aromatic carbocycles. The zero-order chi connectivity index (χ0) is 8.97. The van der Waals surface area contributed by atoms with E-state index in [9.17, 15) is 5.11 Å². The molecule has 72 valence electrons. The SMILES string of the molecule is CCO[C@H]1CN(CCN)C[C@H]1O. The van der Waals surface area contributed by atoms with Crippen molar-refractivity contribution in [2.45, 2.75) is 19.1 Å². The van der Waals surface area contributed by atoms with Crippen molar-refractivity contribution in [2.24, 2.45) is 5.73 Å². The Kier molecular flexibility index (Phi) is 3.94. The molecule has 0 bridgehead atoms. The standard InChI is InChI=1S/C8H18N2O2/c1-2-12-8-6-10(4-3-9)5-7(8)11/h7-8,11H,2-6,9H2,1H3/t7-,8+/m1/s1. The quantitative estimate of drug-likeness (QED) is 0.575. The molecular weight excluding hydrogens is 156 g/mol. The van der Waals surface area contributed by atoms with Gasteiger partial charge in [-0.15, -0.1) is 0 Å². The first kappa shape index (κ1) is 9.92. The first-order chi connectivity index (χ1) is 5.77. The van der Waals surface area contributed by atoms with Crippen LogP contribution >= 0.6 is 0 Å². The van der Waals surface area contributed by atoms with Crippen LogP contribution in [0.5, 0.6) is 0 Å². The van der Waals surface area contributed by atoms with Crippen LogP contribution in [0.4, 0.5) is 0 Å². The van der Waals surface area contributed by atoms with Gasteiger partial charge in [0.15, 0.2) is 0 Å². The van der Waals surface area contributed by atoms with E-state index in [1.807, 2.05) is 6.92 Å². The minimum absolute atomic E-state index is 0.0125. The molecule has 4 nitrogen and oxygen atoms in total. The van der Waals surface area contributed by atoms with E-state index in [0.29, 0.717) is 19.7 Å². The van der Waals surface area contributed by atoms with Crippen LogP contribution in [0.3, 0.4) is 0 Å². The average molecular weight is 174 g/mol. The summed E-state index contributed by atoms with van der Waals surface area (Å²) in [5.74, 6) is 0. The van der Waals surface area contributed by atoms with E-state index in [1.165, 1.54) is 0 Å². The Morgan fingerprint density at radius 3 is 2.92 bits per heavy atom. The molecule has 0 unspecified atom stereocenters. The van der Waals surface area contributed by atoms with Gasteiger partial charge in [-0.05, 0) is 6.92 Å². The Bertz CT molecular complexity index is 132. The lowest BCUT2D eigenvalue weighted by Gasteiger charge is -2.13. The summed E-state index contributed by atoms with van der Waals surface area (Å²) in [6.45, 7) is 5.61. The van der Waals surface area contributed by atoms with Gasteiger partial charge >= 0.3 is 0 Å². The molecular formula is C8H18N2O2. The van der Waals surface area contributed by atoms with Gasteiger partial charge in [-0.1, -0.05) is 0 Å². The highest BCUT2D eigenvalue weighted by Crippen LogP contribution is 2.12. The number of aliphatic hydroxyl groups is 1. The van der Waals surface area contributed by atoms with Gasteiger partial charge in [-0.25, -0.2) is 0 Å². The fraction of sp³-hybridized carbons (Fsp3) is 1.00. The fourth-order valence-electron chi connectivity index (χ4n) is 1.58. The highest BCUT2D eigenvalue weighted by molar-refractivity contribution is 4.84. The molecule has 1 saturated heterocycles. The van der Waals surface area contributed by atoms with E-state index in [4.69, 9.17) is 10.5 Å². The molecule has 1 heterocycles. The predicted molar refractivity (Wildman–Crippen MR) is 46.9 cm³/mol. The van der Waals surface area contributed by atoms with Crippen molar-refractivity contribution in [1.82, 2.24) is 4.90 Å². The van der Waals surface area contributed by atoms with Gasteiger partial charge < -0.3 is 15.6 Å². The Morgan fingerprint density at radius 1 is 1.58 bits per heavy atom. The molecule has 0 amide bonds. The number of hydrogen-bond acceptors (Lipinski definition) is 4. The topological polar surface area (TPSA) is 58.7 Å². The number of nitrogens with zero attached hydrogens (tertiary/aromatic N) is 1. The Balaban J connectivity index is 2.29. The number of rotatable bonds is 4. The second-order valence-corrected chi connectivity index (χ2v) is 3.11. The van der Waals surface area contributed by atoms with Gasteiger partial charge in [-0.3, -0.25) is 4.90 Å². The summed E-state index contributed by atoms with van der Waals surface area (Å²) in [6.07, 6.45) is -0.349. The largest absolute Gasteiger partial charge is 0.389 e. The summed E-state index contributed by atoms with van der Waals surface area (Å²) in [5.41, 5.74) is 5.41. The summed E-state index contributed by atoms with van der Waals surface area (Å²) < 4.78 is 5.36. The molecule has 3 N–H and O–H groups in total. The van der Waals surface area contributed by atoms with Crippen molar-refractivity contribution in [3.05, 3.63) is 0 Å². The van der Waals surface area contributed by atoms with Crippen molar-refractivity contribution >= 4 is 0 Å². The number of β-amino-alcohol motifs (C(OH)–C–C–N with tert-alkyl or cyclic N) is 1. The van der Waals surface area contributed by atoms with E-state index in [2.05, 4.69) is 4.90 Å². The van der Waals surface area contributed by atoms with Crippen LogP contribution in [0.1, 0.15) is 6.92 Å². The smallest absolute Gasteiger partial charge is 0.0972 e. The van der Waals surface area contributed by atoms with Crippen LogP contribution in [0.15, 0.2) is 0 Å². The second-order valence-electron chi connectivity index (χ2n) is 3.11. The second kappa shape index (κ2) is 4.77. The molecule has 2 atom stereocenters. The predicted octanol–water partition coefficient (Wildman–Crippen LogP) is -0.973. The summed E-state index contributed by atoms with van der Waals surface area (Å²) in [5, 5.41) is 9.51.